The molecule has 20 heavy (non-hydrogen) atoms. The van der Waals surface area contributed by atoms with Crippen LogP contribution < -0.4 is 5.32 Å². The number of nitrogens with one attached hydrogen (secondary N) is 1. The Hall–Kier alpha value is -0.980. The van der Waals surface area contributed by atoms with E-state index in [4.69, 9.17) is 0 Å². The summed E-state index contributed by atoms with van der Waals surface area (Å²) >= 11 is 0. The van der Waals surface area contributed by atoms with E-state index in [0.29, 0.717) is 6.04 Å². The molecule has 0 amide bonds. The van der Waals surface area contributed by atoms with Crippen molar-refractivity contribution in [2.75, 3.05) is 5.32 Å². The molecule has 0 aliphatic carbocycles. The minimum absolute atomic E-state index is 0.620. The van der Waals surface area contributed by atoms with Gasteiger partial charge in [-0.2, -0.15) is 0 Å². The van der Waals surface area contributed by atoms with Crippen molar-refractivity contribution >= 4 is 5.69 Å². The summed E-state index contributed by atoms with van der Waals surface area (Å²) < 4.78 is 0. The van der Waals surface area contributed by atoms with Crippen molar-refractivity contribution in [2.45, 2.75) is 78.7 Å². The number of rotatable bonds is 10. The molecular weight excluding hydrogens is 242 g/mol. The molecule has 1 N–H and O–H groups in total. The summed E-state index contributed by atoms with van der Waals surface area (Å²) in [7, 11) is 0. The molecule has 1 aromatic carbocycles. The first-order valence-electron chi connectivity index (χ1n) is 8.58. The summed E-state index contributed by atoms with van der Waals surface area (Å²) in [4.78, 5) is 0. The van der Waals surface area contributed by atoms with E-state index < -0.39 is 0 Å². The average molecular weight is 275 g/mol. The maximum absolute atomic E-state index is 3.65. The molecule has 0 spiro atoms. The van der Waals surface area contributed by atoms with Crippen molar-refractivity contribution in [1.82, 2.24) is 0 Å². The van der Waals surface area contributed by atoms with Gasteiger partial charge in [0.05, 0.1) is 0 Å². The predicted molar refractivity (Wildman–Crippen MR) is 91.4 cm³/mol. The van der Waals surface area contributed by atoms with Crippen LogP contribution in [-0.2, 0) is 6.42 Å². The van der Waals surface area contributed by atoms with Gasteiger partial charge in [0.1, 0.15) is 0 Å². The topological polar surface area (TPSA) is 12.0 Å². The van der Waals surface area contributed by atoms with E-state index in [0.717, 1.165) is 5.92 Å². The van der Waals surface area contributed by atoms with E-state index in [9.17, 15) is 0 Å². The van der Waals surface area contributed by atoms with Gasteiger partial charge in [-0.15, -0.1) is 0 Å². The van der Waals surface area contributed by atoms with Crippen LogP contribution in [0.5, 0.6) is 0 Å². The molecule has 0 fully saturated rings. The third kappa shape index (κ3) is 5.98. The minimum atomic E-state index is 0.620. The highest BCUT2D eigenvalue weighted by Gasteiger charge is 2.07. The van der Waals surface area contributed by atoms with Crippen LogP contribution in [0.25, 0.3) is 0 Å². The highest BCUT2D eigenvalue weighted by Crippen LogP contribution is 2.20. The van der Waals surface area contributed by atoms with Crippen LogP contribution in [0.1, 0.15) is 71.8 Å². The number of hydrogen-bond donors (Lipinski definition) is 1. The van der Waals surface area contributed by atoms with Crippen LogP contribution in [0.3, 0.4) is 0 Å². The zero-order valence-corrected chi connectivity index (χ0v) is 13.9. The van der Waals surface area contributed by atoms with Crippen LogP contribution in [0.4, 0.5) is 5.69 Å². The summed E-state index contributed by atoms with van der Waals surface area (Å²) in [5.74, 6) is 0.849. The molecule has 1 heteroatoms. The normalized spacial score (nSPS) is 14.0. The fourth-order valence-electron chi connectivity index (χ4n) is 2.89. The van der Waals surface area contributed by atoms with Gasteiger partial charge in [0.25, 0.3) is 0 Å². The monoisotopic (exact) mass is 275 g/mol. The second-order valence-corrected chi connectivity index (χ2v) is 6.00. The molecule has 0 bridgehead atoms. The van der Waals surface area contributed by atoms with Crippen LogP contribution in [-0.4, -0.2) is 6.04 Å². The van der Waals surface area contributed by atoms with Crippen LogP contribution in [0.15, 0.2) is 24.3 Å². The second kappa shape index (κ2) is 9.85. The summed E-state index contributed by atoms with van der Waals surface area (Å²) in [5, 5.41) is 3.65. The summed E-state index contributed by atoms with van der Waals surface area (Å²) in [6, 6.07) is 9.74. The Kier molecular flexibility index (Phi) is 8.41. The van der Waals surface area contributed by atoms with Gasteiger partial charge in [-0.25, -0.2) is 0 Å². The molecule has 114 valence electrons. The van der Waals surface area contributed by atoms with Crippen LogP contribution in [0, 0.1) is 5.92 Å². The fraction of sp³-hybridized carbons (Fsp3) is 0.684. The molecule has 0 saturated carbocycles. The Bertz CT molecular complexity index is 306. The van der Waals surface area contributed by atoms with Crippen LogP contribution >= 0.6 is 0 Å². The van der Waals surface area contributed by atoms with Gasteiger partial charge in [0.2, 0.25) is 0 Å². The van der Waals surface area contributed by atoms with E-state index in [1.807, 2.05) is 0 Å². The van der Waals surface area contributed by atoms with Gasteiger partial charge in [-0.3, -0.25) is 0 Å². The average Bonchev–Trinajstić information content (AvgIpc) is 2.48. The second-order valence-electron chi connectivity index (χ2n) is 6.00. The van der Waals surface area contributed by atoms with Crippen molar-refractivity contribution in [3.05, 3.63) is 29.8 Å². The van der Waals surface area contributed by atoms with Crippen molar-refractivity contribution in [3.63, 3.8) is 0 Å². The first kappa shape index (κ1) is 17.1. The smallest absolute Gasteiger partial charge is 0.0342 e. The van der Waals surface area contributed by atoms with Gasteiger partial charge >= 0.3 is 0 Å². The Morgan fingerprint density at radius 3 is 2.00 bits per heavy atom. The molecule has 0 heterocycles. The molecule has 0 aromatic heterocycles. The van der Waals surface area contributed by atoms with E-state index in [1.165, 1.54) is 56.2 Å². The predicted octanol–water partition coefficient (Wildman–Crippen LogP) is 6.05. The van der Waals surface area contributed by atoms with Gasteiger partial charge in [0, 0.05) is 11.7 Å². The molecule has 2 unspecified atom stereocenters. The molecule has 1 aromatic rings. The van der Waals surface area contributed by atoms with Gasteiger partial charge < -0.3 is 5.32 Å². The minimum Gasteiger partial charge on any atom is -0.382 e. The summed E-state index contributed by atoms with van der Waals surface area (Å²) in [6.07, 6.45) is 8.88. The highest BCUT2D eigenvalue weighted by molar-refractivity contribution is 5.45. The zero-order valence-electron chi connectivity index (χ0n) is 13.9. The SMILES string of the molecule is CCCC(CC)Cc1ccc(NC(CC)CCC)cc1. The molecule has 0 radical (unpaired) electrons. The molecular formula is C19H33N. The summed E-state index contributed by atoms with van der Waals surface area (Å²) in [6.45, 7) is 9.12. The molecule has 1 rings (SSSR count). The first-order chi connectivity index (χ1) is 9.73. The number of anilines is 1. The molecule has 0 aliphatic heterocycles. The Morgan fingerprint density at radius 2 is 1.50 bits per heavy atom. The van der Waals surface area contributed by atoms with E-state index in [-0.39, 0.29) is 0 Å². The van der Waals surface area contributed by atoms with Crippen molar-refractivity contribution in [3.8, 4) is 0 Å². The molecule has 1 nitrogen and oxygen atoms in total. The van der Waals surface area contributed by atoms with E-state index in [1.54, 1.807) is 0 Å². The largest absolute Gasteiger partial charge is 0.382 e. The van der Waals surface area contributed by atoms with E-state index in [2.05, 4.69) is 57.3 Å². The van der Waals surface area contributed by atoms with Crippen LogP contribution in [0.2, 0.25) is 0 Å². The quantitative estimate of drug-likeness (QED) is 0.548. The maximum atomic E-state index is 3.65. The number of hydrogen-bond acceptors (Lipinski definition) is 1. The molecule has 2 atom stereocenters. The lowest BCUT2D eigenvalue weighted by atomic mass is 9.93. The fourth-order valence-corrected chi connectivity index (χ4v) is 2.89. The van der Waals surface area contributed by atoms with Gasteiger partial charge in [0.15, 0.2) is 0 Å². The number of benzene rings is 1. The first-order valence-corrected chi connectivity index (χ1v) is 8.58. The lowest BCUT2D eigenvalue weighted by molar-refractivity contribution is 0.462. The Labute approximate surface area is 126 Å². The maximum Gasteiger partial charge on any atom is 0.0342 e. The van der Waals surface area contributed by atoms with Gasteiger partial charge in [-0.05, 0) is 42.9 Å². The Morgan fingerprint density at radius 1 is 0.850 bits per heavy atom. The third-order valence-corrected chi connectivity index (χ3v) is 4.25. The highest BCUT2D eigenvalue weighted by atomic mass is 14.9. The standard InChI is InChI=1S/C19H33N/c1-5-9-16(7-3)15-17-11-13-19(14-12-17)20-18(8-4)10-6-2/h11-14,16,18,20H,5-10,15H2,1-4H3. The Balaban J connectivity index is 2.54. The lowest BCUT2D eigenvalue weighted by Gasteiger charge is -2.18. The molecule has 0 aliphatic rings. The van der Waals surface area contributed by atoms with Crippen molar-refractivity contribution < 1.29 is 0 Å². The molecule has 0 saturated heterocycles. The van der Waals surface area contributed by atoms with E-state index >= 15 is 0 Å². The van der Waals surface area contributed by atoms with Crippen molar-refractivity contribution in [2.24, 2.45) is 5.92 Å². The van der Waals surface area contributed by atoms with Gasteiger partial charge in [-0.1, -0.05) is 65.5 Å². The lowest BCUT2D eigenvalue weighted by Crippen LogP contribution is -2.17. The summed E-state index contributed by atoms with van der Waals surface area (Å²) in [5.41, 5.74) is 2.76. The zero-order chi connectivity index (χ0) is 14.8. The third-order valence-electron chi connectivity index (χ3n) is 4.25. The van der Waals surface area contributed by atoms with Crippen molar-refractivity contribution in [1.29, 1.82) is 0 Å².